The monoisotopic (exact) mass is 246 g/mol. The zero-order valence-electron chi connectivity index (χ0n) is 12.0. The highest BCUT2D eigenvalue weighted by Gasteiger charge is 2.16. The number of rotatable bonds is 4. The molecule has 1 aliphatic rings. The van der Waals surface area contributed by atoms with Gasteiger partial charge in [-0.05, 0) is 36.6 Å². The van der Waals surface area contributed by atoms with Gasteiger partial charge in [-0.1, -0.05) is 32.9 Å². The molecule has 1 heterocycles. The van der Waals surface area contributed by atoms with Gasteiger partial charge >= 0.3 is 0 Å². The van der Waals surface area contributed by atoms with Gasteiger partial charge in [0.25, 0.3) is 0 Å². The maximum Gasteiger partial charge on any atom is 0.0367 e. The molecule has 1 aromatic rings. The van der Waals surface area contributed by atoms with Crippen LogP contribution in [-0.4, -0.2) is 37.6 Å². The van der Waals surface area contributed by atoms with Gasteiger partial charge in [0.1, 0.15) is 0 Å². The summed E-state index contributed by atoms with van der Waals surface area (Å²) in [5.74, 6) is 0.625. The minimum Gasteiger partial charge on any atom is -0.369 e. The van der Waals surface area contributed by atoms with Gasteiger partial charge < -0.3 is 4.90 Å². The lowest BCUT2D eigenvalue weighted by atomic mass is 10.0. The molecule has 0 saturated carbocycles. The molecule has 100 valence electrons. The summed E-state index contributed by atoms with van der Waals surface area (Å²) < 4.78 is 0. The summed E-state index contributed by atoms with van der Waals surface area (Å²) in [6.45, 7) is 12.8. The zero-order valence-corrected chi connectivity index (χ0v) is 12.0. The maximum absolute atomic E-state index is 2.57. The lowest BCUT2D eigenvalue weighted by Gasteiger charge is -2.36. The topological polar surface area (TPSA) is 6.48 Å². The van der Waals surface area contributed by atoms with Crippen LogP contribution >= 0.6 is 0 Å². The van der Waals surface area contributed by atoms with Crippen molar-refractivity contribution in [3.8, 4) is 0 Å². The number of hydrogen-bond donors (Lipinski definition) is 0. The number of nitrogens with zero attached hydrogens (tertiary/aromatic N) is 2. The Morgan fingerprint density at radius 3 is 2.11 bits per heavy atom. The van der Waals surface area contributed by atoms with Crippen LogP contribution in [0.15, 0.2) is 24.3 Å². The Morgan fingerprint density at radius 2 is 1.61 bits per heavy atom. The van der Waals surface area contributed by atoms with Crippen LogP contribution in [0.1, 0.15) is 38.7 Å². The fraction of sp³-hybridized carbons (Fsp3) is 0.625. The zero-order chi connectivity index (χ0) is 13.0. The third kappa shape index (κ3) is 3.26. The van der Waals surface area contributed by atoms with Crippen LogP contribution in [0.5, 0.6) is 0 Å². The van der Waals surface area contributed by atoms with Crippen LogP contribution in [0.2, 0.25) is 0 Å². The second kappa shape index (κ2) is 6.24. The minimum absolute atomic E-state index is 0.625. The first kappa shape index (κ1) is 13.4. The molecule has 0 aliphatic carbocycles. The smallest absolute Gasteiger partial charge is 0.0367 e. The van der Waals surface area contributed by atoms with Crippen molar-refractivity contribution < 1.29 is 0 Å². The standard InChI is InChI=1S/C16H26N2/c1-4-9-17-10-12-18(13-11-17)16-7-5-15(6-8-16)14(2)3/h5-8,14H,4,9-13H2,1-3H3. The molecule has 1 fully saturated rings. The van der Waals surface area contributed by atoms with Crippen molar-refractivity contribution in [2.24, 2.45) is 0 Å². The Balaban J connectivity index is 1.93. The van der Waals surface area contributed by atoms with Gasteiger partial charge in [-0.2, -0.15) is 0 Å². The minimum atomic E-state index is 0.625. The summed E-state index contributed by atoms with van der Waals surface area (Å²) in [6.07, 6.45) is 1.27. The van der Waals surface area contributed by atoms with Gasteiger partial charge in [0, 0.05) is 31.9 Å². The average Bonchev–Trinajstić information content (AvgIpc) is 2.40. The molecule has 0 amide bonds. The average molecular weight is 246 g/mol. The molecule has 1 aliphatic heterocycles. The molecule has 0 unspecified atom stereocenters. The van der Waals surface area contributed by atoms with Crippen molar-refractivity contribution >= 4 is 5.69 Å². The van der Waals surface area contributed by atoms with Crippen molar-refractivity contribution in [1.29, 1.82) is 0 Å². The van der Waals surface area contributed by atoms with Gasteiger partial charge in [0.2, 0.25) is 0 Å². The fourth-order valence-corrected chi connectivity index (χ4v) is 2.62. The summed E-state index contributed by atoms with van der Waals surface area (Å²) in [7, 11) is 0. The molecule has 1 aromatic carbocycles. The number of piperazine rings is 1. The van der Waals surface area contributed by atoms with E-state index in [1.807, 2.05) is 0 Å². The third-order valence-corrected chi connectivity index (χ3v) is 3.84. The normalized spacial score (nSPS) is 17.4. The summed E-state index contributed by atoms with van der Waals surface area (Å²) in [5.41, 5.74) is 2.82. The van der Waals surface area contributed by atoms with E-state index in [9.17, 15) is 0 Å². The number of hydrogen-bond acceptors (Lipinski definition) is 2. The Labute approximate surface area is 112 Å². The molecule has 0 radical (unpaired) electrons. The molecule has 2 rings (SSSR count). The van der Waals surface area contributed by atoms with Gasteiger partial charge in [-0.15, -0.1) is 0 Å². The third-order valence-electron chi connectivity index (χ3n) is 3.84. The molecule has 0 N–H and O–H groups in total. The Bertz CT molecular complexity index is 348. The lowest BCUT2D eigenvalue weighted by molar-refractivity contribution is 0.258. The van der Waals surface area contributed by atoms with E-state index in [4.69, 9.17) is 0 Å². The first-order chi connectivity index (χ1) is 8.70. The van der Waals surface area contributed by atoms with Crippen molar-refractivity contribution in [2.45, 2.75) is 33.1 Å². The Morgan fingerprint density at radius 1 is 1.00 bits per heavy atom. The molecular weight excluding hydrogens is 220 g/mol. The predicted octanol–water partition coefficient (Wildman–Crippen LogP) is 3.34. The molecule has 2 heteroatoms. The quantitative estimate of drug-likeness (QED) is 0.804. The lowest BCUT2D eigenvalue weighted by Crippen LogP contribution is -2.46. The molecular formula is C16H26N2. The van der Waals surface area contributed by atoms with E-state index in [-0.39, 0.29) is 0 Å². The van der Waals surface area contributed by atoms with E-state index >= 15 is 0 Å². The van der Waals surface area contributed by atoms with E-state index < -0.39 is 0 Å². The molecule has 0 atom stereocenters. The van der Waals surface area contributed by atoms with Gasteiger partial charge in [0.05, 0.1) is 0 Å². The van der Waals surface area contributed by atoms with Crippen LogP contribution in [-0.2, 0) is 0 Å². The molecule has 1 saturated heterocycles. The molecule has 0 aromatic heterocycles. The van der Waals surface area contributed by atoms with Gasteiger partial charge in [0.15, 0.2) is 0 Å². The van der Waals surface area contributed by atoms with Crippen LogP contribution < -0.4 is 4.90 Å². The highest BCUT2D eigenvalue weighted by molar-refractivity contribution is 5.48. The first-order valence-corrected chi connectivity index (χ1v) is 7.28. The maximum atomic E-state index is 2.57. The van der Waals surface area contributed by atoms with Gasteiger partial charge in [-0.3, -0.25) is 4.90 Å². The van der Waals surface area contributed by atoms with Crippen molar-refractivity contribution in [2.75, 3.05) is 37.6 Å². The SMILES string of the molecule is CCCN1CCN(c2ccc(C(C)C)cc2)CC1. The van der Waals surface area contributed by atoms with E-state index in [0.29, 0.717) is 5.92 Å². The largest absolute Gasteiger partial charge is 0.369 e. The fourth-order valence-electron chi connectivity index (χ4n) is 2.62. The highest BCUT2D eigenvalue weighted by Crippen LogP contribution is 2.21. The molecule has 2 nitrogen and oxygen atoms in total. The van der Waals surface area contributed by atoms with E-state index in [1.165, 1.54) is 50.4 Å². The van der Waals surface area contributed by atoms with Crippen LogP contribution in [0.4, 0.5) is 5.69 Å². The summed E-state index contributed by atoms with van der Waals surface area (Å²) >= 11 is 0. The van der Waals surface area contributed by atoms with E-state index in [0.717, 1.165) is 0 Å². The van der Waals surface area contributed by atoms with E-state index in [1.54, 1.807) is 0 Å². The number of anilines is 1. The molecule has 0 spiro atoms. The summed E-state index contributed by atoms with van der Waals surface area (Å²) in [4.78, 5) is 5.08. The van der Waals surface area contributed by atoms with Crippen LogP contribution in [0.25, 0.3) is 0 Å². The predicted molar refractivity (Wildman–Crippen MR) is 79.5 cm³/mol. The van der Waals surface area contributed by atoms with Gasteiger partial charge in [-0.25, -0.2) is 0 Å². The Kier molecular flexibility index (Phi) is 4.65. The highest BCUT2D eigenvalue weighted by atomic mass is 15.3. The van der Waals surface area contributed by atoms with Crippen LogP contribution in [0, 0.1) is 0 Å². The van der Waals surface area contributed by atoms with Crippen LogP contribution in [0.3, 0.4) is 0 Å². The van der Waals surface area contributed by atoms with E-state index in [2.05, 4.69) is 54.8 Å². The first-order valence-electron chi connectivity index (χ1n) is 7.28. The summed E-state index contributed by atoms with van der Waals surface area (Å²) in [6, 6.07) is 9.12. The second-order valence-electron chi connectivity index (χ2n) is 5.57. The Hall–Kier alpha value is -1.02. The summed E-state index contributed by atoms with van der Waals surface area (Å²) in [5, 5.41) is 0. The molecule has 0 bridgehead atoms. The second-order valence-corrected chi connectivity index (χ2v) is 5.57. The van der Waals surface area contributed by atoms with Crippen molar-refractivity contribution in [3.05, 3.63) is 29.8 Å². The van der Waals surface area contributed by atoms with Crippen molar-refractivity contribution in [1.82, 2.24) is 4.90 Å². The van der Waals surface area contributed by atoms with Crippen molar-refractivity contribution in [3.63, 3.8) is 0 Å². The molecule has 18 heavy (non-hydrogen) atoms. The number of benzene rings is 1.